The van der Waals surface area contributed by atoms with Crippen LogP contribution in [0, 0.1) is 0 Å². The molecule has 0 aliphatic heterocycles. The topological polar surface area (TPSA) is 29.9 Å². The van der Waals surface area contributed by atoms with Gasteiger partial charge in [0.05, 0.1) is 0 Å². The van der Waals surface area contributed by atoms with Gasteiger partial charge in [-0.15, -0.1) is 0 Å². The molecule has 1 aromatic rings. The number of hydrogen-bond donors (Lipinski definition) is 1. The number of rotatable bonds is 5. The van der Waals surface area contributed by atoms with Crippen LogP contribution in [0.4, 0.5) is 19.1 Å². The van der Waals surface area contributed by atoms with Crippen LogP contribution in [-0.2, 0) is 0 Å². The Balaban J connectivity index is 1.74. The van der Waals surface area contributed by atoms with Crippen LogP contribution in [0.5, 0.6) is 0 Å². The normalized spacial score (nSPS) is 16.4. The van der Waals surface area contributed by atoms with Crippen molar-refractivity contribution in [3.8, 4) is 0 Å². The molecule has 2 rings (SSSR count). The van der Waals surface area contributed by atoms with Gasteiger partial charge in [-0.25, -0.2) is 4.98 Å². The van der Waals surface area contributed by atoms with Gasteiger partial charge in [0.15, 0.2) is 0 Å². The summed E-state index contributed by atoms with van der Waals surface area (Å²) in [5, 5.41) is 2.94. The monoisotopic (exact) mass is 233 g/mol. The van der Waals surface area contributed by atoms with Gasteiger partial charge >= 0.3 is 6.18 Å². The average Bonchev–Trinajstić information content (AvgIpc) is 2.92. The number of anilines is 1. The molecular formula is C10H14F3N3. The summed E-state index contributed by atoms with van der Waals surface area (Å²) in [5.41, 5.74) is 0. The quantitative estimate of drug-likeness (QED) is 0.792. The van der Waals surface area contributed by atoms with Crippen LogP contribution in [0.1, 0.15) is 31.7 Å². The number of hydrogen-bond acceptors (Lipinski definition) is 2. The van der Waals surface area contributed by atoms with Crippen molar-refractivity contribution in [3.63, 3.8) is 0 Å². The highest BCUT2D eigenvalue weighted by Gasteiger charge is 2.27. The van der Waals surface area contributed by atoms with Crippen molar-refractivity contribution >= 4 is 5.95 Å². The number of nitrogens with one attached hydrogen (secondary N) is 1. The standard InChI is InChI=1S/C10H14F3N3/c11-10(12,13)4-1-5-14-9-15-6-7-16(9)8-2-3-8/h6-8H,1-5H2,(H,14,15). The molecule has 0 amide bonds. The highest BCUT2D eigenvalue weighted by molar-refractivity contribution is 5.27. The van der Waals surface area contributed by atoms with Crippen molar-refractivity contribution in [1.82, 2.24) is 9.55 Å². The summed E-state index contributed by atoms with van der Waals surface area (Å²) in [4.78, 5) is 4.08. The van der Waals surface area contributed by atoms with E-state index in [0.29, 0.717) is 18.5 Å². The summed E-state index contributed by atoms with van der Waals surface area (Å²) in [6.07, 6.45) is 1.08. The van der Waals surface area contributed by atoms with E-state index in [0.717, 1.165) is 12.8 Å². The first kappa shape index (κ1) is 11.3. The molecule has 1 N–H and O–H groups in total. The minimum Gasteiger partial charge on any atom is -0.356 e. The Labute approximate surface area is 91.7 Å². The van der Waals surface area contributed by atoms with Gasteiger partial charge in [0.25, 0.3) is 0 Å². The smallest absolute Gasteiger partial charge is 0.356 e. The molecule has 0 unspecified atom stereocenters. The summed E-state index contributed by atoms with van der Waals surface area (Å²) in [5.74, 6) is 0.685. The van der Waals surface area contributed by atoms with Crippen LogP contribution in [0.15, 0.2) is 12.4 Å². The third-order valence-electron chi connectivity index (χ3n) is 2.53. The van der Waals surface area contributed by atoms with Gasteiger partial charge in [0.1, 0.15) is 0 Å². The van der Waals surface area contributed by atoms with Crippen molar-refractivity contribution in [2.24, 2.45) is 0 Å². The SMILES string of the molecule is FC(F)(F)CCCNc1nccn1C1CC1. The van der Waals surface area contributed by atoms with Gasteiger partial charge in [0.2, 0.25) is 5.95 Å². The lowest BCUT2D eigenvalue weighted by atomic mass is 10.3. The van der Waals surface area contributed by atoms with E-state index in [-0.39, 0.29) is 6.42 Å². The molecule has 0 aromatic carbocycles. The van der Waals surface area contributed by atoms with Crippen LogP contribution in [0.3, 0.4) is 0 Å². The number of aromatic nitrogens is 2. The lowest BCUT2D eigenvalue weighted by Crippen LogP contribution is -2.12. The predicted molar refractivity (Wildman–Crippen MR) is 54.3 cm³/mol. The Hall–Kier alpha value is -1.20. The fourth-order valence-corrected chi connectivity index (χ4v) is 1.59. The van der Waals surface area contributed by atoms with E-state index in [2.05, 4.69) is 10.3 Å². The summed E-state index contributed by atoms with van der Waals surface area (Å²) in [7, 11) is 0. The number of imidazole rings is 1. The zero-order valence-electron chi connectivity index (χ0n) is 8.80. The van der Waals surface area contributed by atoms with E-state index in [9.17, 15) is 13.2 Å². The highest BCUT2D eigenvalue weighted by atomic mass is 19.4. The van der Waals surface area contributed by atoms with Gasteiger partial charge in [-0.2, -0.15) is 13.2 Å². The van der Waals surface area contributed by atoms with Crippen molar-refractivity contribution in [1.29, 1.82) is 0 Å². The van der Waals surface area contributed by atoms with E-state index in [1.54, 1.807) is 6.20 Å². The fraction of sp³-hybridized carbons (Fsp3) is 0.700. The Bertz CT molecular complexity index is 341. The Kier molecular flexibility index (Phi) is 3.07. The maximum atomic E-state index is 11.9. The van der Waals surface area contributed by atoms with Gasteiger partial charge in [-0.1, -0.05) is 0 Å². The van der Waals surface area contributed by atoms with Gasteiger partial charge < -0.3 is 9.88 Å². The fourth-order valence-electron chi connectivity index (χ4n) is 1.59. The molecule has 1 heterocycles. The molecule has 1 fully saturated rings. The minimum atomic E-state index is -4.06. The van der Waals surface area contributed by atoms with Crippen molar-refractivity contribution in [2.75, 3.05) is 11.9 Å². The lowest BCUT2D eigenvalue weighted by Gasteiger charge is -2.09. The number of alkyl halides is 3. The first-order valence-corrected chi connectivity index (χ1v) is 5.40. The Morgan fingerprint density at radius 1 is 1.44 bits per heavy atom. The van der Waals surface area contributed by atoms with Gasteiger partial charge in [0, 0.05) is 31.4 Å². The molecule has 6 heteroatoms. The van der Waals surface area contributed by atoms with E-state index >= 15 is 0 Å². The minimum absolute atomic E-state index is 0.0844. The molecule has 0 radical (unpaired) electrons. The molecule has 0 bridgehead atoms. The lowest BCUT2D eigenvalue weighted by molar-refractivity contribution is -0.134. The van der Waals surface area contributed by atoms with Gasteiger partial charge in [-0.05, 0) is 19.3 Å². The molecule has 3 nitrogen and oxygen atoms in total. The van der Waals surface area contributed by atoms with E-state index < -0.39 is 12.6 Å². The van der Waals surface area contributed by atoms with Crippen molar-refractivity contribution < 1.29 is 13.2 Å². The Morgan fingerprint density at radius 3 is 2.81 bits per heavy atom. The third kappa shape index (κ3) is 3.15. The molecule has 90 valence electrons. The second-order valence-corrected chi connectivity index (χ2v) is 4.03. The molecule has 1 aliphatic carbocycles. The zero-order chi connectivity index (χ0) is 11.6. The maximum absolute atomic E-state index is 11.9. The molecule has 0 saturated heterocycles. The molecule has 1 aromatic heterocycles. The second-order valence-electron chi connectivity index (χ2n) is 4.03. The van der Waals surface area contributed by atoms with Crippen LogP contribution in [-0.4, -0.2) is 22.3 Å². The van der Waals surface area contributed by atoms with Crippen molar-refractivity contribution in [2.45, 2.75) is 37.9 Å². The summed E-state index contributed by atoms with van der Waals surface area (Å²) >= 11 is 0. The zero-order valence-corrected chi connectivity index (χ0v) is 8.80. The van der Waals surface area contributed by atoms with E-state index in [4.69, 9.17) is 0 Å². The summed E-state index contributed by atoms with van der Waals surface area (Å²) in [6, 6.07) is 0.493. The first-order chi connectivity index (χ1) is 7.56. The second kappa shape index (κ2) is 4.35. The molecule has 1 aliphatic rings. The van der Waals surface area contributed by atoms with Crippen LogP contribution < -0.4 is 5.32 Å². The predicted octanol–water partition coefficient (Wildman–Crippen LogP) is 2.97. The summed E-state index contributed by atoms with van der Waals surface area (Å²) < 4.78 is 37.7. The molecular weight excluding hydrogens is 219 g/mol. The van der Waals surface area contributed by atoms with Crippen molar-refractivity contribution in [3.05, 3.63) is 12.4 Å². The van der Waals surface area contributed by atoms with Crippen LogP contribution >= 0.6 is 0 Å². The number of nitrogens with zero attached hydrogens (tertiary/aromatic N) is 2. The number of halogens is 3. The van der Waals surface area contributed by atoms with Crippen LogP contribution in [0.25, 0.3) is 0 Å². The largest absolute Gasteiger partial charge is 0.389 e. The summed E-state index contributed by atoms with van der Waals surface area (Å²) in [6.45, 7) is 0.309. The van der Waals surface area contributed by atoms with E-state index in [1.807, 2.05) is 10.8 Å². The molecule has 0 atom stereocenters. The molecule has 0 spiro atoms. The van der Waals surface area contributed by atoms with Gasteiger partial charge in [-0.3, -0.25) is 0 Å². The van der Waals surface area contributed by atoms with Crippen LogP contribution in [0.2, 0.25) is 0 Å². The average molecular weight is 233 g/mol. The third-order valence-corrected chi connectivity index (χ3v) is 2.53. The Morgan fingerprint density at radius 2 is 2.19 bits per heavy atom. The highest BCUT2D eigenvalue weighted by Crippen LogP contribution is 2.36. The molecule has 16 heavy (non-hydrogen) atoms. The maximum Gasteiger partial charge on any atom is 0.389 e. The first-order valence-electron chi connectivity index (χ1n) is 5.40. The van der Waals surface area contributed by atoms with E-state index in [1.165, 1.54) is 0 Å². The molecule has 1 saturated carbocycles.